The zero-order chi connectivity index (χ0) is 15.0. The highest BCUT2D eigenvalue weighted by Crippen LogP contribution is 2.27. The molecular weight excluding hydrogens is 293 g/mol. The molecule has 0 fully saturated rings. The SMILES string of the molecule is CC(OS(=O)(=O)c1ccc2ccccc2c1)C(F)(F)F. The molecule has 1 unspecified atom stereocenters. The molecule has 3 nitrogen and oxygen atoms in total. The molecule has 0 aliphatic carbocycles. The van der Waals surface area contributed by atoms with Crippen molar-refractivity contribution in [2.45, 2.75) is 24.1 Å². The summed E-state index contributed by atoms with van der Waals surface area (Å²) in [6, 6.07) is 10.9. The Morgan fingerprint density at radius 2 is 1.65 bits per heavy atom. The molecule has 0 aliphatic rings. The zero-order valence-corrected chi connectivity index (χ0v) is 11.2. The summed E-state index contributed by atoms with van der Waals surface area (Å²) in [5.74, 6) is 0. The van der Waals surface area contributed by atoms with Crippen LogP contribution in [0, 0.1) is 0 Å². The van der Waals surface area contributed by atoms with E-state index in [1.807, 2.05) is 0 Å². The Hall–Kier alpha value is -1.60. The van der Waals surface area contributed by atoms with Gasteiger partial charge in [-0.15, -0.1) is 0 Å². The van der Waals surface area contributed by atoms with Gasteiger partial charge in [-0.1, -0.05) is 30.3 Å². The highest BCUT2D eigenvalue weighted by Gasteiger charge is 2.40. The second-order valence-corrected chi connectivity index (χ2v) is 5.82. The fourth-order valence-electron chi connectivity index (χ4n) is 1.62. The van der Waals surface area contributed by atoms with E-state index in [0.717, 1.165) is 5.39 Å². The summed E-state index contributed by atoms with van der Waals surface area (Å²) in [6.45, 7) is 0.651. The first kappa shape index (κ1) is 14.8. The van der Waals surface area contributed by atoms with Crippen LogP contribution in [0.4, 0.5) is 13.2 Å². The van der Waals surface area contributed by atoms with Crippen LogP contribution in [0.1, 0.15) is 6.92 Å². The van der Waals surface area contributed by atoms with Crippen LogP contribution in [0.25, 0.3) is 10.8 Å². The average molecular weight is 304 g/mol. The van der Waals surface area contributed by atoms with Crippen molar-refractivity contribution in [2.75, 3.05) is 0 Å². The molecule has 2 aromatic rings. The van der Waals surface area contributed by atoms with E-state index >= 15 is 0 Å². The first-order chi connectivity index (χ1) is 9.20. The van der Waals surface area contributed by atoms with Gasteiger partial charge in [-0.25, -0.2) is 0 Å². The van der Waals surface area contributed by atoms with E-state index in [4.69, 9.17) is 0 Å². The predicted molar refractivity (Wildman–Crippen MR) is 67.7 cm³/mol. The molecule has 2 rings (SSSR count). The van der Waals surface area contributed by atoms with E-state index in [-0.39, 0.29) is 4.90 Å². The zero-order valence-electron chi connectivity index (χ0n) is 10.4. The number of benzene rings is 2. The molecule has 0 N–H and O–H groups in total. The van der Waals surface area contributed by atoms with Crippen LogP contribution >= 0.6 is 0 Å². The summed E-state index contributed by atoms with van der Waals surface area (Å²) in [5, 5.41) is 1.40. The topological polar surface area (TPSA) is 43.4 Å². The molecule has 0 radical (unpaired) electrons. The van der Waals surface area contributed by atoms with Gasteiger partial charge in [-0.3, -0.25) is 4.18 Å². The minimum Gasteiger partial charge on any atom is -0.254 e. The van der Waals surface area contributed by atoms with Crippen LogP contribution in [0.5, 0.6) is 0 Å². The third kappa shape index (κ3) is 3.10. The summed E-state index contributed by atoms with van der Waals surface area (Å²) in [7, 11) is -4.45. The van der Waals surface area contributed by atoms with Crippen molar-refractivity contribution in [3.05, 3.63) is 42.5 Å². The molecule has 20 heavy (non-hydrogen) atoms. The monoisotopic (exact) mass is 304 g/mol. The molecule has 0 heterocycles. The number of halogens is 3. The van der Waals surface area contributed by atoms with Crippen molar-refractivity contribution in [3.63, 3.8) is 0 Å². The van der Waals surface area contributed by atoms with Gasteiger partial charge in [0.2, 0.25) is 0 Å². The van der Waals surface area contributed by atoms with Crippen molar-refractivity contribution >= 4 is 20.9 Å². The predicted octanol–water partition coefficient (Wildman–Crippen LogP) is 3.50. The summed E-state index contributed by atoms with van der Waals surface area (Å²) < 4.78 is 64.9. The van der Waals surface area contributed by atoms with Gasteiger partial charge < -0.3 is 0 Å². The Morgan fingerprint density at radius 1 is 1.05 bits per heavy atom. The van der Waals surface area contributed by atoms with Gasteiger partial charge in [0.1, 0.15) is 0 Å². The summed E-state index contributed by atoms with van der Waals surface area (Å²) in [6.07, 6.45) is -7.12. The fourth-order valence-corrected chi connectivity index (χ4v) is 2.73. The molecule has 0 aliphatic heterocycles. The third-order valence-electron chi connectivity index (χ3n) is 2.74. The van der Waals surface area contributed by atoms with Gasteiger partial charge in [0.15, 0.2) is 6.10 Å². The molecular formula is C13H11F3O3S. The van der Waals surface area contributed by atoms with E-state index in [0.29, 0.717) is 12.3 Å². The van der Waals surface area contributed by atoms with Gasteiger partial charge in [0.25, 0.3) is 10.1 Å². The Kier molecular flexibility index (Phi) is 3.75. The lowest BCUT2D eigenvalue weighted by molar-refractivity contribution is -0.188. The normalized spacial score (nSPS) is 14.4. The summed E-state index contributed by atoms with van der Waals surface area (Å²) >= 11 is 0. The van der Waals surface area contributed by atoms with Crippen LogP contribution in [0.15, 0.2) is 47.4 Å². The van der Waals surface area contributed by atoms with Crippen LogP contribution < -0.4 is 0 Å². The number of hydrogen-bond donors (Lipinski definition) is 0. The maximum Gasteiger partial charge on any atom is 0.415 e. The van der Waals surface area contributed by atoms with Crippen molar-refractivity contribution in [3.8, 4) is 0 Å². The van der Waals surface area contributed by atoms with Crippen LogP contribution in [0.2, 0.25) is 0 Å². The molecule has 0 saturated heterocycles. The maximum atomic E-state index is 12.4. The minimum atomic E-state index is -4.73. The Balaban J connectivity index is 2.37. The smallest absolute Gasteiger partial charge is 0.254 e. The molecule has 7 heteroatoms. The quantitative estimate of drug-likeness (QED) is 0.815. The Bertz CT molecular complexity index is 723. The third-order valence-corrected chi connectivity index (χ3v) is 4.11. The van der Waals surface area contributed by atoms with Crippen molar-refractivity contribution in [1.29, 1.82) is 0 Å². The minimum absolute atomic E-state index is 0.299. The second-order valence-electron chi connectivity index (χ2n) is 4.24. The van der Waals surface area contributed by atoms with Gasteiger partial charge in [0, 0.05) is 0 Å². The fraction of sp³-hybridized carbons (Fsp3) is 0.231. The standard InChI is InChI=1S/C13H11F3O3S/c1-9(13(14,15)16)19-20(17,18)12-7-6-10-4-2-3-5-11(10)8-12/h2-9H,1H3. The number of fused-ring (bicyclic) bond motifs is 1. The maximum absolute atomic E-state index is 12.4. The first-order valence-electron chi connectivity index (χ1n) is 5.69. The van der Waals surface area contributed by atoms with Gasteiger partial charge in [-0.05, 0) is 29.8 Å². The van der Waals surface area contributed by atoms with Crippen LogP contribution in [0.3, 0.4) is 0 Å². The van der Waals surface area contributed by atoms with Gasteiger partial charge in [0.05, 0.1) is 4.90 Å². The molecule has 2 aromatic carbocycles. The highest BCUT2D eigenvalue weighted by atomic mass is 32.2. The van der Waals surface area contributed by atoms with Gasteiger partial charge >= 0.3 is 6.18 Å². The van der Waals surface area contributed by atoms with Crippen molar-refractivity contribution < 1.29 is 25.8 Å². The lowest BCUT2D eigenvalue weighted by Gasteiger charge is -2.16. The largest absolute Gasteiger partial charge is 0.415 e. The van der Waals surface area contributed by atoms with Crippen LogP contribution in [-0.4, -0.2) is 20.7 Å². The van der Waals surface area contributed by atoms with E-state index in [1.165, 1.54) is 18.2 Å². The molecule has 0 amide bonds. The highest BCUT2D eigenvalue weighted by molar-refractivity contribution is 7.86. The molecule has 0 saturated carbocycles. The van der Waals surface area contributed by atoms with Crippen LogP contribution in [-0.2, 0) is 14.3 Å². The second kappa shape index (κ2) is 5.06. The van der Waals surface area contributed by atoms with E-state index in [2.05, 4.69) is 4.18 Å². The van der Waals surface area contributed by atoms with E-state index in [1.54, 1.807) is 24.3 Å². The lowest BCUT2D eigenvalue weighted by Crippen LogP contribution is -2.30. The molecule has 0 aromatic heterocycles. The number of alkyl halides is 3. The van der Waals surface area contributed by atoms with E-state index in [9.17, 15) is 21.6 Å². The van der Waals surface area contributed by atoms with E-state index < -0.39 is 22.4 Å². The first-order valence-corrected chi connectivity index (χ1v) is 7.10. The Morgan fingerprint density at radius 3 is 2.25 bits per heavy atom. The molecule has 0 bridgehead atoms. The summed E-state index contributed by atoms with van der Waals surface area (Å²) in [5.41, 5.74) is 0. The lowest BCUT2D eigenvalue weighted by atomic mass is 10.1. The molecule has 108 valence electrons. The summed E-state index contributed by atoms with van der Waals surface area (Å²) in [4.78, 5) is -0.299. The molecule has 1 atom stereocenters. The molecule has 0 spiro atoms. The van der Waals surface area contributed by atoms with Gasteiger partial charge in [-0.2, -0.15) is 21.6 Å². The number of rotatable bonds is 3. The number of hydrogen-bond acceptors (Lipinski definition) is 3. The Labute approximate surface area is 114 Å². The van der Waals surface area contributed by atoms with Crippen molar-refractivity contribution in [2.24, 2.45) is 0 Å². The van der Waals surface area contributed by atoms with Crippen molar-refractivity contribution in [1.82, 2.24) is 0 Å². The average Bonchev–Trinajstić information content (AvgIpc) is 2.36.